The second-order valence-electron chi connectivity index (χ2n) is 4.70. The molecule has 1 fully saturated rings. The van der Waals surface area contributed by atoms with E-state index in [1.807, 2.05) is 6.92 Å². The number of ether oxygens (including phenoxy) is 1. The highest BCUT2D eigenvalue weighted by molar-refractivity contribution is 7.92. The van der Waals surface area contributed by atoms with Crippen LogP contribution in [0.5, 0.6) is 0 Å². The molecule has 0 saturated heterocycles. The van der Waals surface area contributed by atoms with E-state index in [1.165, 1.54) is 0 Å². The van der Waals surface area contributed by atoms with Gasteiger partial charge < -0.3 is 10.1 Å². The summed E-state index contributed by atoms with van der Waals surface area (Å²) in [5.41, 5.74) is 0. The Morgan fingerprint density at radius 2 is 1.94 bits per heavy atom. The lowest BCUT2D eigenvalue weighted by Gasteiger charge is -2.25. The van der Waals surface area contributed by atoms with Crippen LogP contribution in [0.2, 0.25) is 0 Å². The van der Waals surface area contributed by atoms with Crippen molar-refractivity contribution in [2.45, 2.75) is 50.3 Å². The van der Waals surface area contributed by atoms with Crippen molar-refractivity contribution in [3.05, 3.63) is 0 Å². The molecule has 1 saturated carbocycles. The predicted octanol–water partition coefficient (Wildman–Crippen LogP) is 1.36. The lowest BCUT2D eigenvalue weighted by molar-refractivity contribution is 0.216. The van der Waals surface area contributed by atoms with Crippen molar-refractivity contribution in [3.8, 4) is 0 Å². The van der Waals surface area contributed by atoms with Gasteiger partial charge in [-0.05, 0) is 19.4 Å². The van der Waals surface area contributed by atoms with Crippen LogP contribution in [0.25, 0.3) is 0 Å². The van der Waals surface area contributed by atoms with Crippen molar-refractivity contribution in [2.24, 2.45) is 0 Å². The highest BCUT2D eigenvalue weighted by Crippen LogP contribution is 2.24. The van der Waals surface area contributed by atoms with E-state index in [2.05, 4.69) is 5.32 Å². The van der Waals surface area contributed by atoms with Crippen LogP contribution in [0.4, 0.5) is 0 Å². The molecular formula is C12H25NO3S. The molecule has 2 unspecified atom stereocenters. The van der Waals surface area contributed by atoms with E-state index in [4.69, 9.17) is 4.74 Å². The molecule has 0 amide bonds. The minimum Gasteiger partial charge on any atom is -0.384 e. The van der Waals surface area contributed by atoms with E-state index in [-0.39, 0.29) is 17.0 Å². The molecule has 0 aliphatic heterocycles. The van der Waals surface area contributed by atoms with E-state index in [1.54, 1.807) is 7.11 Å². The fourth-order valence-electron chi connectivity index (χ4n) is 2.55. The van der Waals surface area contributed by atoms with Crippen molar-refractivity contribution in [2.75, 3.05) is 26.0 Å². The minimum atomic E-state index is -3.03. The van der Waals surface area contributed by atoms with Gasteiger partial charge in [0.2, 0.25) is 0 Å². The summed E-state index contributed by atoms with van der Waals surface area (Å²) >= 11 is 0. The van der Waals surface area contributed by atoms with Gasteiger partial charge in [0.1, 0.15) is 0 Å². The first kappa shape index (κ1) is 14.9. The zero-order valence-corrected chi connectivity index (χ0v) is 11.8. The molecule has 0 heterocycles. The molecule has 0 aromatic heterocycles. The molecule has 1 rings (SSSR count). The van der Waals surface area contributed by atoms with Gasteiger partial charge in [-0.2, -0.15) is 0 Å². The Hall–Kier alpha value is -0.130. The van der Waals surface area contributed by atoms with E-state index in [0.717, 1.165) is 38.6 Å². The summed E-state index contributed by atoms with van der Waals surface area (Å²) < 4.78 is 29.4. The average molecular weight is 263 g/mol. The van der Waals surface area contributed by atoms with E-state index in [0.29, 0.717) is 6.61 Å². The zero-order valence-electron chi connectivity index (χ0n) is 10.9. The molecule has 102 valence electrons. The SMILES string of the molecule is CCNC1CCCCCC1S(=O)(=O)CCOC. The van der Waals surface area contributed by atoms with Crippen LogP contribution in [0.1, 0.15) is 39.0 Å². The van der Waals surface area contributed by atoms with Crippen molar-refractivity contribution in [3.63, 3.8) is 0 Å². The molecule has 17 heavy (non-hydrogen) atoms. The molecule has 1 aliphatic carbocycles. The second kappa shape index (κ2) is 7.34. The first-order valence-electron chi connectivity index (χ1n) is 6.55. The van der Waals surface area contributed by atoms with Gasteiger partial charge in [-0.15, -0.1) is 0 Å². The number of rotatable bonds is 6. The number of hydrogen-bond acceptors (Lipinski definition) is 4. The number of nitrogens with one attached hydrogen (secondary N) is 1. The highest BCUT2D eigenvalue weighted by Gasteiger charge is 2.33. The first-order chi connectivity index (χ1) is 8.11. The topological polar surface area (TPSA) is 55.4 Å². The van der Waals surface area contributed by atoms with Gasteiger partial charge >= 0.3 is 0 Å². The van der Waals surface area contributed by atoms with Gasteiger partial charge in [-0.25, -0.2) is 8.42 Å². The molecule has 0 radical (unpaired) electrons. The lowest BCUT2D eigenvalue weighted by Crippen LogP contribution is -2.44. The Labute approximate surface area is 105 Å². The van der Waals surface area contributed by atoms with Crippen LogP contribution in [-0.2, 0) is 14.6 Å². The van der Waals surface area contributed by atoms with Crippen LogP contribution in [0, 0.1) is 0 Å². The molecule has 4 nitrogen and oxygen atoms in total. The fraction of sp³-hybridized carbons (Fsp3) is 1.00. The third-order valence-corrected chi connectivity index (χ3v) is 5.67. The van der Waals surface area contributed by atoms with Crippen molar-refractivity contribution in [1.82, 2.24) is 5.32 Å². The Morgan fingerprint density at radius 3 is 2.59 bits per heavy atom. The van der Waals surface area contributed by atoms with Crippen LogP contribution < -0.4 is 5.32 Å². The van der Waals surface area contributed by atoms with Crippen LogP contribution >= 0.6 is 0 Å². The van der Waals surface area contributed by atoms with E-state index in [9.17, 15) is 8.42 Å². The number of methoxy groups -OCH3 is 1. The van der Waals surface area contributed by atoms with Crippen molar-refractivity contribution in [1.29, 1.82) is 0 Å². The molecule has 0 bridgehead atoms. The second-order valence-corrected chi connectivity index (χ2v) is 7.04. The maximum atomic E-state index is 12.3. The smallest absolute Gasteiger partial charge is 0.156 e. The molecule has 0 aromatic rings. The normalized spacial score (nSPS) is 26.7. The average Bonchev–Trinajstić information content (AvgIpc) is 2.53. The minimum absolute atomic E-state index is 0.129. The van der Waals surface area contributed by atoms with Gasteiger partial charge in [0.05, 0.1) is 17.6 Å². The monoisotopic (exact) mass is 263 g/mol. The standard InChI is InChI=1S/C12H25NO3S/c1-3-13-11-7-5-4-6-8-12(11)17(14,15)10-9-16-2/h11-13H,3-10H2,1-2H3. The molecule has 2 atom stereocenters. The van der Waals surface area contributed by atoms with Crippen LogP contribution in [0.15, 0.2) is 0 Å². The summed E-state index contributed by atoms with van der Waals surface area (Å²) in [6, 6.07) is 0.129. The molecule has 1 N–H and O–H groups in total. The quantitative estimate of drug-likeness (QED) is 0.735. The summed E-state index contributed by atoms with van der Waals surface area (Å²) in [5, 5.41) is 3.11. The lowest BCUT2D eigenvalue weighted by atomic mass is 10.1. The summed E-state index contributed by atoms with van der Waals surface area (Å²) in [4.78, 5) is 0. The number of hydrogen-bond donors (Lipinski definition) is 1. The molecular weight excluding hydrogens is 238 g/mol. The van der Waals surface area contributed by atoms with Crippen molar-refractivity contribution >= 4 is 9.84 Å². The first-order valence-corrected chi connectivity index (χ1v) is 8.27. The van der Waals surface area contributed by atoms with E-state index >= 15 is 0 Å². The third kappa shape index (κ3) is 4.56. The summed E-state index contributed by atoms with van der Waals surface area (Å²) in [7, 11) is -1.48. The van der Waals surface area contributed by atoms with Gasteiger partial charge in [0, 0.05) is 13.2 Å². The summed E-state index contributed by atoms with van der Waals surface area (Å²) in [5.74, 6) is 0.149. The van der Waals surface area contributed by atoms with Crippen LogP contribution in [0.3, 0.4) is 0 Å². The molecule has 0 spiro atoms. The van der Waals surface area contributed by atoms with Gasteiger partial charge in [-0.1, -0.05) is 26.2 Å². The largest absolute Gasteiger partial charge is 0.384 e. The predicted molar refractivity (Wildman–Crippen MR) is 70.0 cm³/mol. The summed E-state index contributed by atoms with van der Waals surface area (Å²) in [6.45, 7) is 3.17. The van der Waals surface area contributed by atoms with Gasteiger partial charge in [0.15, 0.2) is 9.84 Å². The maximum absolute atomic E-state index is 12.3. The highest BCUT2D eigenvalue weighted by atomic mass is 32.2. The fourth-order valence-corrected chi connectivity index (χ4v) is 4.51. The van der Waals surface area contributed by atoms with Crippen molar-refractivity contribution < 1.29 is 13.2 Å². The third-order valence-electron chi connectivity index (χ3n) is 3.45. The Bertz CT molecular complexity index is 303. The van der Waals surface area contributed by atoms with Crippen LogP contribution in [-0.4, -0.2) is 45.7 Å². The van der Waals surface area contributed by atoms with Gasteiger partial charge in [-0.3, -0.25) is 0 Å². The zero-order chi connectivity index (χ0) is 12.7. The molecule has 1 aliphatic rings. The maximum Gasteiger partial charge on any atom is 0.156 e. The summed E-state index contributed by atoms with van der Waals surface area (Å²) in [6.07, 6.45) is 5.08. The Balaban J connectivity index is 2.73. The number of sulfone groups is 1. The molecule has 5 heteroatoms. The molecule has 0 aromatic carbocycles. The Morgan fingerprint density at radius 1 is 1.24 bits per heavy atom. The Kier molecular flexibility index (Phi) is 6.44. The van der Waals surface area contributed by atoms with E-state index < -0.39 is 9.84 Å². The van der Waals surface area contributed by atoms with Gasteiger partial charge in [0.25, 0.3) is 0 Å².